The lowest BCUT2D eigenvalue weighted by Gasteiger charge is -2.32. The zero-order valence-electron chi connectivity index (χ0n) is 14.4. The smallest absolute Gasteiger partial charge is 0.321 e. The molecule has 2 amide bonds. The van der Waals surface area contributed by atoms with Gasteiger partial charge >= 0.3 is 6.03 Å². The van der Waals surface area contributed by atoms with E-state index < -0.39 is 0 Å². The van der Waals surface area contributed by atoms with Gasteiger partial charge in [-0.2, -0.15) is 0 Å². The molecule has 1 fully saturated rings. The number of ether oxygens (including phenoxy) is 1. The first-order valence-corrected chi connectivity index (χ1v) is 8.33. The number of aryl methyl sites for hydroxylation is 1. The van der Waals surface area contributed by atoms with Crippen LogP contribution in [0.2, 0.25) is 0 Å². The molecule has 0 radical (unpaired) electrons. The van der Waals surface area contributed by atoms with Crippen molar-refractivity contribution >= 4 is 11.7 Å². The molecule has 2 heterocycles. The van der Waals surface area contributed by atoms with Crippen LogP contribution in [0.5, 0.6) is 5.75 Å². The molecule has 0 aliphatic carbocycles. The molecule has 7 heteroatoms. The van der Waals surface area contributed by atoms with Crippen molar-refractivity contribution in [3.63, 3.8) is 0 Å². The number of nitrogens with one attached hydrogen (secondary N) is 2. The monoisotopic (exact) mass is 342 g/mol. The molecular formula is C18H22N4O3. The van der Waals surface area contributed by atoms with Crippen LogP contribution in [0.15, 0.2) is 35.1 Å². The predicted octanol–water partition coefficient (Wildman–Crippen LogP) is 2.50. The fourth-order valence-corrected chi connectivity index (χ4v) is 3.09. The molecular weight excluding hydrogens is 320 g/mol. The van der Waals surface area contributed by atoms with Crippen molar-refractivity contribution < 1.29 is 9.53 Å². The minimum Gasteiger partial charge on any atom is -0.497 e. The molecule has 132 valence electrons. The lowest BCUT2D eigenvalue weighted by atomic mass is 9.94. The van der Waals surface area contributed by atoms with Gasteiger partial charge in [-0.25, -0.2) is 9.78 Å². The van der Waals surface area contributed by atoms with Gasteiger partial charge in [0.05, 0.1) is 12.8 Å². The van der Waals surface area contributed by atoms with Gasteiger partial charge in [-0.1, -0.05) is 0 Å². The highest BCUT2D eigenvalue weighted by atomic mass is 16.5. The predicted molar refractivity (Wildman–Crippen MR) is 95.2 cm³/mol. The Hall–Kier alpha value is -2.83. The number of aromatic nitrogens is 2. The Labute approximate surface area is 146 Å². The normalized spacial score (nSPS) is 17.2. The van der Waals surface area contributed by atoms with E-state index >= 15 is 0 Å². The summed E-state index contributed by atoms with van der Waals surface area (Å²) >= 11 is 0. The van der Waals surface area contributed by atoms with Crippen LogP contribution in [-0.2, 0) is 0 Å². The summed E-state index contributed by atoms with van der Waals surface area (Å²) in [6.07, 6.45) is 1.80. The highest BCUT2D eigenvalue weighted by molar-refractivity contribution is 5.89. The third kappa shape index (κ3) is 4.17. The van der Waals surface area contributed by atoms with Crippen LogP contribution in [0.3, 0.4) is 0 Å². The van der Waals surface area contributed by atoms with E-state index in [2.05, 4.69) is 15.3 Å². The number of hydrogen-bond acceptors (Lipinski definition) is 4. The van der Waals surface area contributed by atoms with Crippen LogP contribution >= 0.6 is 0 Å². The van der Waals surface area contributed by atoms with E-state index in [-0.39, 0.29) is 17.5 Å². The van der Waals surface area contributed by atoms with Crippen LogP contribution in [0.1, 0.15) is 30.3 Å². The van der Waals surface area contributed by atoms with Crippen molar-refractivity contribution in [3.05, 3.63) is 52.2 Å². The number of methoxy groups -OCH3 is 1. The van der Waals surface area contributed by atoms with E-state index in [1.54, 1.807) is 43.2 Å². The first kappa shape index (κ1) is 17.0. The number of carbonyl (C=O) groups is 1. The third-order valence-corrected chi connectivity index (χ3v) is 4.35. The molecule has 2 aromatic rings. The van der Waals surface area contributed by atoms with Gasteiger partial charge < -0.3 is 19.9 Å². The Bertz CT molecular complexity index is 801. The number of H-pyrrole nitrogens is 1. The number of benzene rings is 1. The quantitative estimate of drug-likeness (QED) is 0.897. The number of likely N-dealkylation sites (tertiary alicyclic amines) is 1. The van der Waals surface area contributed by atoms with Crippen LogP contribution in [-0.4, -0.2) is 41.1 Å². The maximum atomic E-state index is 12.5. The molecule has 1 saturated heterocycles. The molecule has 25 heavy (non-hydrogen) atoms. The second kappa shape index (κ2) is 7.38. The number of carbonyl (C=O) groups excluding carboxylic acids is 1. The number of piperidine rings is 1. The van der Waals surface area contributed by atoms with Gasteiger partial charge in [0.1, 0.15) is 11.6 Å². The largest absolute Gasteiger partial charge is 0.497 e. The molecule has 7 nitrogen and oxygen atoms in total. The van der Waals surface area contributed by atoms with E-state index in [0.29, 0.717) is 18.9 Å². The second-order valence-corrected chi connectivity index (χ2v) is 6.20. The Kier molecular flexibility index (Phi) is 5.02. The van der Waals surface area contributed by atoms with E-state index in [0.717, 1.165) is 30.0 Å². The molecule has 1 aliphatic rings. The van der Waals surface area contributed by atoms with Crippen LogP contribution in [0, 0.1) is 6.92 Å². The maximum Gasteiger partial charge on any atom is 0.321 e. The molecule has 3 rings (SSSR count). The average molecular weight is 342 g/mol. The van der Waals surface area contributed by atoms with E-state index in [9.17, 15) is 9.59 Å². The molecule has 2 N–H and O–H groups in total. The summed E-state index contributed by atoms with van der Waals surface area (Å²) in [5.74, 6) is 1.42. The Balaban J connectivity index is 1.67. The summed E-state index contributed by atoms with van der Waals surface area (Å²) in [6, 6.07) is 8.61. The average Bonchev–Trinajstić information content (AvgIpc) is 2.61. The molecule has 0 saturated carbocycles. The number of urea groups is 1. The standard InChI is InChI=1S/C18H22N4O3/c1-12-19-16(10-17(23)20-12)13-4-3-9-22(11-13)18(24)21-14-5-7-15(25-2)8-6-14/h5-8,10,13H,3-4,9,11H2,1-2H3,(H,21,24)(H,19,20,23). The maximum absolute atomic E-state index is 12.5. The molecule has 0 spiro atoms. The van der Waals surface area contributed by atoms with Crippen LogP contribution in [0.4, 0.5) is 10.5 Å². The highest BCUT2D eigenvalue weighted by Gasteiger charge is 2.26. The van der Waals surface area contributed by atoms with Gasteiger partial charge in [-0.3, -0.25) is 4.79 Å². The third-order valence-electron chi connectivity index (χ3n) is 4.35. The minimum atomic E-state index is -0.151. The molecule has 1 atom stereocenters. The van der Waals surface area contributed by atoms with Crippen LogP contribution < -0.4 is 15.6 Å². The lowest BCUT2D eigenvalue weighted by molar-refractivity contribution is 0.192. The lowest BCUT2D eigenvalue weighted by Crippen LogP contribution is -2.42. The zero-order valence-corrected chi connectivity index (χ0v) is 14.4. The van der Waals surface area contributed by atoms with Gasteiger partial charge in [-0.05, 0) is 44.0 Å². The summed E-state index contributed by atoms with van der Waals surface area (Å²) in [7, 11) is 1.60. The zero-order chi connectivity index (χ0) is 17.8. The summed E-state index contributed by atoms with van der Waals surface area (Å²) in [5, 5.41) is 2.90. The van der Waals surface area contributed by atoms with Crippen molar-refractivity contribution in [2.45, 2.75) is 25.7 Å². The summed E-state index contributed by atoms with van der Waals surface area (Å²) in [6.45, 7) is 3.01. The minimum absolute atomic E-state index is 0.0800. The van der Waals surface area contributed by atoms with Crippen molar-refractivity contribution in [1.29, 1.82) is 0 Å². The number of rotatable bonds is 3. The fraction of sp³-hybridized carbons (Fsp3) is 0.389. The first-order chi connectivity index (χ1) is 12.0. The summed E-state index contributed by atoms with van der Waals surface area (Å²) < 4.78 is 5.11. The molecule has 1 aromatic heterocycles. The number of aromatic amines is 1. The highest BCUT2D eigenvalue weighted by Crippen LogP contribution is 2.25. The van der Waals surface area contributed by atoms with E-state index in [4.69, 9.17) is 4.74 Å². The summed E-state index contributed by atoms with van der Waals surface area (Å²) in [5.41, 5.74) is 1.32. The van der Waals surface area contributed by atoms with Gasteiger partial charge in [0.15, 0.2) is 0 Å². The van der Waals surface area contributed by atoms with Crippen molar-refractivity contribution in [2.24, 2.45) is 0 Å². The first-order valence-electron chi connectivity index (χ1n) is 8.33. The fourth-order valence-electron chi connectivity index (χ4n) is 3.09. The molecule has 0 bridgehead atoms. The van der Waals surface area contributed by atoms with Crippen molar-refractivity contribution in [2.75, 3.05) is 25.5 Å². The SMILES string of the molecule is COc1ccc(NC(=O)N2CCCC(c3cc(=O)[nH]c(C)n3)C2)cc1. The number of amides is 2. The van der Waals surface area contributed by atoms with Crippen LogP contribution in [0.25, 0.3) is 0 Å². The Morgan fingerprint density at radius 3 is 2.80 bits per heavy atom. The van der Waals surface area contributed by atoms with Gasteiger partial charge in [0.2, 0.25) is 0 Å². The topological polar surface area (TPSA) is 87.3 Å². The van der Waals surface area contributed by atoms with E-state index in [1.807, 2.05) is 0 Å². The van der Waals surface area contributed by atoms with Crippen molar-refractivity contribution in [1.82, 2.24) is 14.9 Å². The Morgan fingerprint density at radius 2 is 2.12 bits per heavy atom. The van der Waals surface area contributed by atoms with E-state index in [1.165, 1.54) is 6.07 Å². The molecule has 1 aliphatic heterocycles. The van der Waals surface area contributed by atoms with Crippen molar-refractivity contribution in [3.8, 4) is 5.75 Å². The van der Waals surface area contributed by atoms with Gasteiger partial charge in [-0.15, -0.1) is 0 Å². The number of hydrogen-bond donors (Lipinski definition) is 2. The number of nitrogens with zero attached hydrogens (tertiary/aromatic N) is 2. The summed E-state index contributed by atoms with van der Waals surface area (Å²) in [4.78, 5) is 33.0. The second-order valence-electron chi connectivity index (χ2n) is 6.20. The Morgan fingerprint density at radius 1 is 1.36 bits per heavy atom. The van der Waals surface area contributed by atoms with Gasteiger partial charge in [0, 0.05) is 30.8 Å². The van der Waals surface area contributed by atoms with Gasteiger partial charge in [0.25, 0.3) is 5.56 Å². The number of anilines is 1. The molecule has 1 aromatic carbocycles. The molecule has 1 unspecified atom stereocenters.